The number of halogens is 1. The molecule has 2 heterocycles. The molecule has 0 saturated heterocycles. The van der Waals surface area contributed by atoms with Crippen LogP contribution < -0.4 is 5.73 Å². The molecule has 0 radical (unpaired) electrons. The van der Waals surface area contributed by atoms with Crippen molar-refractivity contribution in [3.63, 3.8) is 0 Å². The van der Waals surface area contributed by atoms with E-state index in [2.05, 4.69) is 30.9 Å². The Morgan fingerprint density at radius 2 is 2.20 bits per heavy atom. The van der Waals surface area contributed by atoms with E-state index in [0.717, 1.165) is 0 Å². The van der Waals surface area contributed by atoms with Crippen LogP contribution in [0, 0.1) is 0 Å². The summed E-state index contributed by atoms with van der Waals surface area (Å²) in [4.78, 5) is 11.4. The van der Waals surface area contributed by atoms with Crippen LogP contribution in [0.4, 0.5) is 0 Å². The van der Waals surface area contributed by atoms with Gasteiger partial charge in [0.1, 0.15) is 12.0 Å². The van der Waals surface area contributed by atoms with Crippen molar-refractivity contribution in [3.8, 4) is 16.9 Å². The predicted octanol–water partition coefficient (Wildman–Crippen LogP) is 0.200. The van der Waals surface area contributed by atoms with E-state index in [0.29, 0.717) is 16.3 Å². The number of amides is 1. The first-order valence-electron chi connectivity index (χ1n) is 5.40. The van der Waals surface area contributed by atoms with Crippen molar-refractivity contribution in [1.29, 1.82) is 0 Å². The molecular formula is C10H7ClN8O. The predicted molar refractivity (Wildman–Crippen MR) is 68.1 cm³/mol. The van der Waals surface area contributed by atoms with E-state index in [1.165, 1.54) is 11.0 Å². The Morgan fingerprint density at radius 3 is 2.90 bits per heavy atom. The van der Waals surface area contributed by atoms with Crippen LogP contribution in [0.2, 0.25) is 5.02 Å². The topological polar surface area (TPSA) is 128 Å². The number of tetrazole rings is 1. The molecule has 0 spiro atoms. The lowest BCUT2D eigenvalue weighted by Gasteiger charge is -2.07. The number of H-pyrrole nitrogens is 1. The molecule has 3 rings (SSSR count). The molecule has 2 aromatic heterocycles. The molecule has 3 N–H and O–H groups in total. The first-order valence-corrected chi connectivity index (χ1v) is 5.78. The molecule has 0 aliphatic rings. The number of rotatable bonds is 3. The van der Waals surface area contributed by atoms with Crippen LogP contribution in [0.3, 0.4) is 0 Å². The molecule has 0 atom stereocenters. The summed E-state index contributed by atoms with van der Waals surface area (Å²) in [6.07, 6.45) is 1.41. The summed E-state index contributed by atoms with van der Waals surface area (Å²) >= 11 is 5.99. The molecule has 0 bridgehead atoms. The summed E-state index contributed by atoms with van der Waals surface area (Å²) in [6.45, 7) is 0. The summed E-state index contributed by atoms with van der Waals surface area (Å²) in [5, 5.41) is 21.4. The van der Waals surface area contributed by atoms with E-state index >= 15 is 0 Å². The fraction of sp³-hybridized carbons (Fsp3) is 0. The Hall–Kier alpha value is -2.81. The minimum atomic E-state index is -0.698. The molecule has 20 heavy (non-hydrogen) atoms. The van der Waals surface area contributed by atoms with E-state index in [-0.39, 0.29) is 11.4 Å². The minimum absolute atomic E-state index is 0.0154. The first-order chi connectivity index (χ1) is 9.66. The monoisotopic (exact) mass is 290 g/mol. The van der Waals surface area contributed by atoms with Gasteiger partial charge in [0.15, 0.2) is 5.69 Å². The van der Waals surface area contributed by atoms with Crippen molar-refractivity contribution in [3.05, 3.63) is 35.2 Å². The van der Waals surface area contributed by atoms with E-state index in [1.807, 2.05) is 0 Å². The molecule has 100 valence electrons. The van der Waals surface area contributed by atoms with E-state index in [1.54, 1.807) is 18.2 Å². The zero-order chi connectivity index (χ0) is 14.1. The zero-order valence-corrected chi connectivity index (χ0v) is 10.6. The second-order valence-electron chi connectivity index (χ2n) is 3.80. The van der Waals surface area contributed by atoms with Crippen LogP contribution in [0.1, 0.15) is 10.5 Å². The lowest BCUT2D eigenvalue weighted by atomic mass is 10.1. The molecule has 0 aliphatic heterocycles. The van der Waals surface area contributed by atoms with Gasteiger partial charge < -0.3 is 5.73 Å². The average molecular weight is 291 g/mol. The highest BCUT2D eigenvalue weighted by Gasteiger charge is 2.19. The number of nitrogens with zero attached hydrogens (tertiary/aromatic N) is 6. The first kappa shape index (κ1) is 12.2. The minimum Gasteiger partial charge on any atom is -0.364 e. The van der Waals surface area contributed by atoms with Crippen molar-refractivity contribution in [2.24, 2.45) is 5.73 Å². The molecular weight excluding hydrogens is 284 g/mol. The van der Waals surface area contributed by atoms with Crippen LogP contribution in [-0.4, -0.2) is 41.5 Å². The largest absolute Gasteiger partial charge is 0.364 e. The SMILES string of the molecule is NC(=O)c1n[nH]nc1-c1cc(Cl)ccc1-n1cnnn1. The third-order valence-electron chi connectivity index (χ3n) is 2.59. The Labute approximate surface area is 116 Å². The Balaban J connectivity index is 2.25. The number of benzene rings is 1. The van der Waals surface area contributed by atoms with Crippen molar-refractivity contribution >= 4 is 17.5 Å². The van der Waals surface area contributed by atoms with Gasteiger partial charge in [-0.05, 0) is 28.6 Å². The Bertz CT molecular complexity index is 765. The molecule has 0 saturated carbocycles. The third-order valence-corrected chi connectivity index (χ3v) is 2.83. The number of carbonyl (C=O) groups excluding carboxylic acids is 1. The summed E-state index contributed by atoms with van der Waals surface area (Å²) in [6, 6.07) is 5.00. The maximum absolute atomic E-state index is 11.4. The van der Waals surface area contributed by atoms with Gasteiger partial charge >= 0.3 is 0 Å². The lowest BCUT2D eigenvalue weighted by Crippen LogP contribution is -2.13. The smallest absolute Gasteiger partial charge is 0.271 e. The highest BCUT2D eigenvalue weighted by molar-refractivity contribution is 6.31. The van der Waals surface area contributed by atoms with Crippen molar-refractivity contribution in [2.75, 3.05) is 0 Å². The fourth-order valence-electron chi connectivity index (χ4n) is 1.76. The number of nitrogens with one attached hydrogen (secondary N) is 1. The fourth-order valence-corrected chi connectivity index (χ4v) is 1.93. The summed E-state index contributed by atoms with van der Waals surface area (Å²) in [7, 11) is 0. The summed E-state index contributed by atoms with van der Waals surface area (Å²) in [5.74, 6) is -0.698. The highest BCUT2D eigenvalue weighted by Crippen LogP contribution is 2.29. The summed E-state index contributed by atoms with van der Waals surface area (Å²) in [5.41, 5.74) is 6.69. The van der Waals surface area contributed by atoms with E-state index in [4.69, 9.17) is 17.3 Å². The van der Waals surface area contributed by atoms with Gasteiger partial charge in [-0.3, -0.25) is 4.79 Å². The van der Waals surface area contributed by atoms with Gasteiger partial charge in [0.25, 0.3) is 5.91 Å². The standard InChI is InChI=1S/C10H7ClN8O/c11-5-1-2-7(19-4-13-16-18-19)6(3-5)8-9(10(12)20)15-17-14-8/h1-4H,(H2,12,20)(H,14,15,17). The molecule has 3 aromatic rings. The molecule has 1 aromatic carbocycles. The van der Waals surface area contributed by atoms with Crippen LogP contribution in [-0.2, 0) is 0 Å². The highest BCUT2D eigenvalue weighted by atomic mass is 35.5. The number of hydrogen-bond acceptors (Lipinski definition) is 6. The van der Waals surface area contributed by atoms with E-state index in [9.17, 15) is 4.79 Å². The number of nitrogens with two attached hydrogens (primary N) is 1. The zero-order valence-electron chi connectivity index (χ0n) is 9.86. The van der Waals surface area contributed by atoms with Gasteiger partial charge in [0.05, 0.1) is 5.69 Å². The summed E-state index contributed by atoms with van der Waals surface area (Å²) < 4.78 is 1.42. The molecule has 0 fully saturated rings. The molecule has 9 nitrogen and oxygen atoms in total. The number of aromatic nitrogens is 7. The third kappa shape index (κ3) is 1.99. The van der Waals surface area contributed by atoms with Gasteiger partial charge in [-0.25, -0.2) is 0 Å². The second-order valence-corrected chi connectivity index (χ2v) is 4.24. The number of aromatic amines is 1. The van der Waals surface area contributed by atoms with Gasteiger partial charge in [0, 0.05) is 10.6 Å². The normalized spacial score (nSPS) is 10.7. The number of hydrogen-bond donors (Lipinski definition) is 2. The maximum Gasteiger partial charge on any atom is 0.271 e. The van der Waals surface area contributed by atoms with Crippen LogP contribution in [0.25, 0.3) is 16.9 Å². The molecule has 0 unspecified atom stereocenters. The van der Waals surface area contributed by atoms with Crippen molar-refractivity contribution in [1.82, 2.24) is 35.6 Å². The van der Waals surface area contributed by atoms with Crippen LogP contribution in [0.15, 0.2) is 24.5 Å². The van der Waals surface area contributed by atoms with Gasteiger partial charge in [0.2, 0.25) is 0 Å². The van der Waals surface area contributed by atoms with Crippen molar-refractivity contribution in [2.45, 2.75) is 0 Å². The second kappa shape index (κ2) is 4.70. The Morgan fingerprint density at radius 1 is 1.35 bits per heavy atom. The van der Waals surface area contributed by atoms with Crippen LogP contribution >= 0.6 is 11.6 Å². The molecule has 1 amide bonds. The Kier molecular flexibility index (Phi) is 2.88. The average Bonchev–Trinajstić information content (AvgIpc) is 3.10. The molecule has 10 heteroatoms. The number of primary amides is 1. The van der Waals surface area contributed by atoms with Crippen molar-refractivity contribution < 1.29 is 4.79 Å². The lowest BCUT2D eigenvalue weighted by molar-refractivity contribution is 0.0996. The maximum atomic E-state index is 11.4. The van der Waals surface area contributed by atoms with Crippen LogP contribution in [0.5, 0.6) is 0 Å². The van der Waals surface area contributed by atoms with Gasteiger partial charge in [-0.2, -0.15) is 20.1 Å². The van der Waals surface area contributed by atoms with Gasteiger partial charge in [-0.15, -0.1) is 5.10 Å². The van der Waals surface area contributed by atoms with Gasteiger partial charge in [-0.1, -0.05) is 11.6 Å². The quantitative estimate of drug-likeness (QED) is 0.709. The number of carbonyl (C=O) groups is 1. The van der Waals surface area contributed by atoms with E-state index < -0.39 is 5.91 Å². The molecule has 0 aliphatic carbocycles.